The molecule has 1 aromatic carbocycles. The van der Waals surface area contributed by atoms with Crippen molar-refractivity contribution in [3.05, 3.63) is 40.6 Å². The third-order valence-electron chi connectivity index (χ3n) is 3.94. The van der Waals surface area contributed by atoms with E-state index < -0.39 is 0 Å². The normalized spacial score (nSPS) is 17.6. The number of benzene rings is 1. The first-order chi connectivity index (χ1) is 11.1. The highest BCUT2D eigenvalue weighted by molar-refractivity contribution is 9.10. The molecule has 1 heterocycles. The molecule has 6 heteroatoms. The van der Waals surface area contributed by atoms with E-state index in [4.69, 9.17) is 15.2 Å². The lowest BCUT2D eigenvalue weighted by atomic mass is 10.1. The first-order valence-corrected chi connectivity index (χ1v) is 8.84. The number of rotatable bonds is 8. The highest BCUT2D eigenvalue weighted by atomic mass is 79.9. The molecule has 2 N–H and O–H groups in total. The summed E-state index contributed by atoms with van der Waals surface area (Å²) in [6.07, 6.45) is 4.13. The van der Waals surface area contributed by atoms with Crippen LogP contribution in [0.4, 0.5) is 5.69 Å². The number of nitrogens with two attached hydrogens (primary N) is 1. The van der Waals surface area contributed by atoms with Gasteiger partial charge in [-0.3, -0.25) is 0 Å². The van der Waals surface area contributed by atoms with Crippen LogP contribution in [-0.2, 0) is 16.0 Å². The Morgan fingerprint density at radius 3 is 2.52 bits per heavy atom. The molecule has 2 rings (SSSR count). The maximum atomic E-state index is 5.92. The largest absolute Gasteiger partial charge is 0.351 e. The van der Waals surface area contributed by atoms with E-state index in [1.807, 2.05) is 26.0 Å². The van der Waals surface area contributed by atoms with Crippen molar-refractivity contribution in [3.8, 4) is 0 Å². The van der Waals surface area contributed by atoms with Crippen LogP contribution in [-0.4, -0.2) is 37.1 Å². The van der Waals surface area contributed by atoms with Gasteiger partial charge in [-0.1, -0.05) is 22.0 Å². The van der Waals surface area contributed by atoms with Crippen molar-refractivity contribution in [2.45, 2.75) is 39.8 Å². The SMILES string of the molecule is CCOC(CN1C=CN(c2cccc(Br)c2CN)C1C)OCC. The molecule has 0 fully saturated rings. The molecular formula is C17H26BrN3O2. The van der Waals surface area contributed by atoms with Crippen molar-refractivity contribution < 1.29 is 9.47 Å². The average Bonchev–Trinajstić information content (AvgIpc) is 2.88. The molecule has 0 amide bonds. The van der Waals surface area contributed by atoms with Gasteiger partial charge in [-0.25, -0.2) is 0 Å². The van der Waals surface area contributed by atoms with Gasteiger partial charge < -0.3 is 25.0 Å². The van der Waals surface area contributed by atoms with Crippen molar-refractivity contribution in [3.63, 3.8) is 0 Å². The van der Waals surface area contributed by atoms with Gasteiger partial charge in [0.05, 0.1) is 6.54 Å². The fourth-order valence-corrected chi connectivity index (χ4v) is 3.27. The summed E-state index contributed by atoms with van der Waals surface area (Å²) in [6, 6.07) is 6.15. The van der Waals surface area contributed by atoms with E-state index in [0.29, 0.717) is 26.3 Å². The maximum Gasteiger partial charge on any atom is 0.174 e. The van der Waals surface area contributed by atoms with Gasteiger partial charge >= 0.3 is 0 Å². The predicted molar refractivity (Wildman–Crippen MR) is 96.9 cm³/mol. The Morgan fingerprint density at radius 2 is 1.91 bits per heavy atom. The summed E-state index contributed by atoms with van der Waals surface area (Å²) in [6.45, 7) is 8.60. The van der Waals surface area contributed by atoms with Gasteiger partial charge in [-0.2, -0.15) is 0 Å². The third kappa shape index (κ3) is 4.26. The molecule has 1 aromatic rings. The Morgan fingerprint density at radius 1 is 1.22 bits per heavy atom. The maximum absolute atomic E-state index is 5.92. The summed E-state index contributed by atoms with van der Waals surface area (Å²) in [7, 11) is 0. The lowest BCUT2D eigenvalue weighted by molar-refractivity contribution is -0.144. The molecule has 1 atom stereocenters. The van der Waals surface area contributed by atoms with Crippen LogP contribution >= 0.6 is 15.9 Å². The molecule has 0 bridgehead atoms. The Balaban J connectivity index is 2.11. The van der Waals surface area contributed by atoms with E-state index in [1.54, 1.807) is 0 Å². The van der Waals surface area contributed by atoms with E-state index in [-0.39, 0.29) is 12.5 Å². The molecule has 0 saturated heterocycles. The summed E-state index contributed by atoms with van der Waals surface area (Å²) in [5.74, 6) is 0. The second-order valence-corrected chi connectivity index (χ2v) is 6.17. The summed E-state index contributed by atoms with van der Waals surface area (Å²) in [5.41, 5.74) is 8.16. The zero-order valence-corrected chi connectivity index (χ0v) is 15.6. The van der Waals surface area contributed by atoms with Crippen LogP contribution < -0.4 is 10.6 Å². The first-order valence-electron chi connectivity index (χ1n) is 8.05. The molecule has 1 aliphatic heterocycles. The van der Waals surface area contributed by atoms with Crippen molar-refractivity contribution in [1.82, 2.24) is 4.90 Å². The Bertz CT molecular complexity index is 533. The molecular weight excluding hydrogens is 358 g/mol. The van der Waals surface area contributed by atoms with Crippen molar-refractivity contribution in [2.75, 3.05) is 24.7 Å². The van der Waals surface area contributed by atoms with Crippen LogP contribution in [0, 0.1) is 0 Å². The van der Waals surface area contributed by atoms with Crippen LogP contribution in [0.5, 0.6) is 0 Å². The molecule has 1 unspecified atom stereocenters. The Labute approximate surface area is 147 Å². The smallest absolute Gasteiger partial charge is 0.174 e. The van der Waals surface area contributed by atoms with E-state index >= 15 is 0 Å². The highest BCUT2D eigenvalue weighted by Crippen LogP contribution is 2.32. The van der Waals surface area contributed by atoms with Crippen molar-refractivity contribution in [1.29, 1.82) is 0 Å². The zero-order valence-electron chi connectivity index (χ0n) is 14.0. The topological polar surface area (TPSA) is 51.0 Å². The van der Waals surface area contributed by atoms with Gasteiger partial charge in [0.25, 0.3) is 0 Å². The predicted octanol–water partition coefficient (Wildman–Crippen LogP) is 3.25. The number of halogens is 1. The summed E-state index contributed by atoms with van der Waals surface area (Å²) >= 11 is 3.59. The van der Waals surface area contributed by atoms with Crippen LogP contribution in [0.2, 0.25) is 0 Å². The molecule has 0 radical (unpaired) electrons. The molecule has 0 aliphatic carbocycles. The number of hydrogen-bond acceptors (Lipinski definition) is 5. The van der Waals surface area contributed by atoms with Gasteiger partial charge in [-0.15, -0.1) is 0 Å². The van der Waals surface area contributed by atoms with Crippen molar-refractivity contribution >= 4 is 21.6 Å². The molecule has 0 saturated carbocycles. The first kappa shape index (κ1) is 18.3. The summed E-state index contributed by atoms with van der Waals surface area (Å²) in [4.78, 5) is 4.44. The van der Waals surface area contributed by atoms with Gasteiger partial charge in [0.1, 0.15) is 6.17 Å². The number of nitrogens with zero attached hydrogens (tertiary/aromatic N) is 2. The molecule has 0 spiro atoms. The minimum Gasteiger partial charge on any atom is -0.351 e. The van der Waals surface area contributed by atoms with E-state index in [0.717, 1.165) is 15.7 Å². The molecule has 23 heavy (non-hydrogen) atoms. The summed E-state index contributed by atoms with van der Waals surface area (Å²) in [5, 5.41) is 0. The van der Waals surface area contributed by atoms with Crippen molar-refractivity contribution in [2.24, 2.45) is 5.73 Å². The van der Waals surface area contributed by atoms with Crippen LogP contribution in [0.15, 0.2) is 35.1 Å². The Kier molecular flexibility index (Phi) is 6.89. The fraction of sp³-hybridized carbons (Fsp3) is 0.529. The summed E-state index contributed by atoms with van der Waals surface area (Å²) < 4.78 is 12.3. The molecule has 0 aromatic heterocycles. The zero-order chi connectivity index (χ0) is 16.8. The minimum absolute atomic E-state index is 0.179. The quantitative estimate of drug-likeness (QED) is 0.698. The van der Waals surface area contributed by atoms with E-state index in [2.05, 4.69) is 51.1 Å². The lowest BCUT2D eigenvalue weighted by Gasteiger charge is -2.33. The second kappa shape index (κ2) is 8.68. The average molecular weight is 384 g/mol. The molecule has 5 nitrogen and oxygen atoms in total. The van der Waals surface area contributed by atoms with E-state index in [9.17, 15) is 0 Å². The van der Waals surface area contributed by atoms with Gasteiger partial charge in [0, 0.05) is 47.9 Å². The van der Waals surface area contributed by atoms with Crippen LogP contribution in [0.1, 0.15) is 26.3 Å². The number of hydrogen-bond donors (Lipinski definition) is 1. The number of ether oxygens (including phenoxy) is 2. The standard InChI is InChI=1S/C17H26BrN3O2/c1-4-22-17(23-5-2)12-20-9-10-21(13(20)3)16-8-6-7-15(18)14(16)11-19/h6-10,13,17H,4-5,11-12,19H2,1-3H3. The fourth-order valence-electron chi connectivity index (χ4n) is 2.75. The molecule has 128 valence electrons. The Hall–Kier alpha value is -1.08. The van der Waals surface area contributed by atoms with Crippen LogP contribution in [0.3, 0.4) is 0 Å². The monoisotopic (exact) mass is 383 g/mol. The third-order valence-corrected chi connectivity index (χ3v) is 4.69. The highest BCUT2D eigenvalue weighted by Gasteiger charge is 2.27. The second-order valence-electron chi connectivity index (χ2n) is 5.32. The van der Waals surface area contributed by atoms with Gasteiger partial charge in [0.15, 0.2) is 6.29 Å². The number of anilines is 1. The lowest BCUT2D eigenvalue weighted by Crippen LogP contribution is -2.41. The minimum atomic E-state index is -0.214. The molecule has 1 aliphatic rings. The van der Waals surface area contributed by atoms with Gasteiger partial charge in [-0.05, 0) is 32.9 Å². The van der Waals surface area contributed by atoms with Gasteiger partial charge in [0.2, 0.25) is 0 Å². The van der Waals surface area contributed by atoms with Crippen LogP contribution in [0.25, 0.3) is 0 Å². The van der Waals surface area contributed by atoms with E-state index in [1.165, 1.54) is 0 Å².